The van der Waals surface area contributed by atoms with Gasteiger partial charge in [-0.05, 0) is 77.0 Å². The first-order chi connectivity index (χ1) is 24.3. The zero-order chi connectivity index (χ0) is 36.8. The molecule has 0 unspecified atom stereocenters. The fourth-order valence-corrected chi connectivity index (χ4v) is 5.67. The molecule has 0 aromatic heterocycles. The lowest BCUT2D eigenvalue weighted by molar-refractivity contribution is -0.161. The molecule has 0 rings (SSSR count). The maximum absolute atomic E-state index is 12.4. The van der Waals surface area contributed by atoms with E-state index in [1.54, 1.807) is 0 Å². The Hall–Kier alpha value is -1.99. The number of ether oxygens (including phenoxy) is 2. The molecule has 1 atom stereocenters. The molecule has 0 amide bonds. The van der Waals surface area contributed by atoms with Gasteiger partial charge in [0.05, 0.1) is 6.61 Å². The van der Waals surface area contributed by atoms with E-state index >= 15 is 0 Å². The second kappa shape index (κ2) is 36.8. The van der Waals surface area contributed by atoms with Gasteiger partial charge in [0.25, 0.3) is 0 Å². The van der Waals surface area contributed by atoms with Gasteiger partial charge in [-0.2, -0.15) is 0 Å². The minimum absolute atomic E-state index is 0.181. The highest BCUT2D eigenvalue weighted by atomic mass is 31.2. The molecule has 9 heteroatoms. The normalized spacial score (nSPS) is 13.0. The number of unbranched alkanes of at least 4 members (excludes halogenated alkanes) is 18. The van der Waals surface area contributed by atoms with Crippen LogP contribution in [0, 0.1) is 0 Å². The Morgan fingerprint density at radius 2 is 0.900 bits per heavy atom. The molecule has 0 spiro atoms. The van der Waals surface area contributed by atoms with E-state index in [0.29, 0.717) is 12.8 Å². The zero-order valence-corrected chi connectivity index (χ0v) is 32.7. The molecule has 0 aliphatic rings. The zero-order valence-electron chi connectivity index (χ0n) is 31.8. The lowest BCUT2D eigenvalue weighted by Gasteiger charge is -2.18. The lowest BCUT2D eigenvalue weighted by atomic mass is 10.1. The fourth-order valence-electron chi connectivity index (χ4n) is 5.31. The fraction of sp³-hybridized carbons (Fsp3) is 0.756. The third kappa shape index (κ3) is 38.8. The van der Waals surface area contributed by atoms with Crippen molar-refractivity contribution in [3.63, 3.8) is 0 Å². The average Bonchev–Trinajstić information content (AvgIpc) is 3.08. The van der Waals surface area contributed by atoms with Gasteiger partial charge in [-0.3, -0.25) is 14.1 Å². The molecule has 0 aromatic carbocycles. The van der Waals surface area contributed by atoms with Gasteiger partial charge < -0.3 is 19.3 Å². The number of carbonyl (C=O) groups is 2. The lowest BCUT2D eigenvalue weighted by Crippen LogP contribution is -2.29. The minimum Gasteiger partial charge on any atom is -0.462 e. The van der Waals surface area contributed by atoms with Gasteiger partial charge >= 0.3 is 19.8 Å². The maximum Gasteiger partial charge on any atom is 0.469 e. The molecule has 0 fully saturated rings. The Morgan fingerprint density at radius 3 is 1.44 bits per heavy atom. The summed E-state index contributed by atoms with van der Waals surface area (Å²) in [5.74, 6) is -0.937. The molecular formula is C41H73O8P. The predicted octanol–water partition coefficient (Wildman–Crippen LogP) is 12.0. The molecule has 0 heterocycles. The Balaban J connectivity index is 4.03. The van der Waals surface area contributed by atoms with E-state index < -0.39 is 32.5 Å². The van der Waals surface area contributed by atoms with E-state index in [2.05, 4.69) is 67.0 Å². The first-order valence-electron chi connectivity index (χ1n) is 19.9. The van der Waals surface area contributed by atoms with Gasteiger partial charge in [-0.15, -0.1) is 0 Å². The van der Waals surface area contributed by atoms with Crippen molar-refractivity contribution in [1.29, 1.82) is 0 Å². The topological polar surface area (TPSA) is 119 Å². The summed E-state index contributed by atoms with van der Waals surface area (Å²) in [6.45, 7) is 3.61. The monoisotopic (exact) mass is 725 g/mol. The minimum atomic E-state index is -4.76. The van der Waals surface area contributed by atoms with Crippen molar-refractivity contribution >= 4 is 19.8 Å². The summed E-state index contributed by atoms with van der Waals surface area (Å²) < 4.78 is 26.3. The van der Waals surface area contributed by atoms with Crippen molar-refractivity contribution in [1.82, 2.24) is 0 Å². The quantitative estimate of drug-likeness (QED) is 0.0284. The predicted molar refractivity (Wildman–Crippen MR) is 207 cm³/mol. The van der Waals surface area contributed by atoms with Crippen LogP contribution in [0.3, 0.4) is 0 Å². The summed E-state index contributed by atoms with van der Waals surface area (Å²) in [5.41, 5.74) is 0. The van der Waals surface area contributed by atoms with Gasteiger partial charge in [0.2, 0.25) is 0 Å². The molecule has 0 bridgehead atoms. The number of carbonyl (C=O) groups excluding carboxylic acids is 2. The first kappa shape index (κ1) is 48.0. The largest absolute Gasteiger partial charge is 0.469 e. The Morgan fingerprint density at radius 1 is 0.520 bits per heavy atom. The van der Waals surface area contributed by atoms with Crippen LogP contribution in [0.25, 0.3) is 0 Å². The summed E-state index contributed by atoms with van der Waals surface area (Å²) in [6.07, 6.45) is 44.0. The van der Waals surface area contributed by atoms with Crippen molar-refractivity contribution in [2.75, 3.05) is 13.2 Å². The summed E-state index contributed by atoms with van der Waals surface area (Å²) >= 11 is 0. The van der Waals surface area contributed by atoms with E-state index in [9.17, 15) is 14.2 Å². The van der Waals surface area contributed by atoms with E-state index in [-0.39, 0.29) is 19.4 Å². The van der Waals surface area contributed by atoms with Crippen molar-refractivity contribution in [3.05, 3.63) is 48.6 Å². The van der Waals surface area contributed by atoms with Crippen LogP contribution in [0.4, 0.5) is 0 Å². The van der Waals surface area contributed by atoms with Crippen LogP contribution >= 0.6 is 7.82 Å². The number of phosphoric ester groups is 1. The van der Waals surface area contributed by atoms with Crippen molar-refractivity contribution < 1.29 is 37.9 Å². The van der Waals surface area contributed by atoms with Crippen LogP contribution in [0.1, 0.15) is 181 Å². The maximum atomic E-state index is 12.4. The van der Waals surface area contributed by atoms with Crippen LogP contribution in [-0.2, 0) is 28.2 Å². The molecule has 2 N–H and O–H groups in total. The van der Waals surface area contributed by atoms with Gasteiger partial charge in [-0.1, -0.05) is 140 Å². The number of esters is 2. The SMILES string of the molecule is CCCCC/C=C/C/C=C/C/C=C/CCCCCCC(=O)O[C@H](COC(=O)CCCC/C=C/CCCCCCCCCCC)COP(=O)(O)O. The molecule has 0 saturated carbocycles. The Labute approximate surface area is 305 Å². The standard InChI is InChI=1S/C41H73O8P/c1-3-5-7-9-11-13-15-17-19-20-22-24-26-28-30-32-34-36-41(43)49-39(38-48-50(44,45)46)37-47-40(42)35-33-31-29-27-25-23-21-18-16-14-12-10-8-6-4-2/h11,13,17,19,22,24-25,27,39H,3-10,12,14-16,18,20-21,23,26,28-38H2,1-2H3,(H2,44,45,46)/b13-11+,19-17+,24-22+,27-25+/t39-/m1/s1. The number of allylic oxidation sites excluding steroid dienone is 8. The van der Waals surface area contributed by atoms with Crippen LogP contribution in [0.5, 0.6) is 0 Å². The Bertz CT molecular complexity index is 952. The van der Waals surface area contributed by atoms with Crippen LogP contribution < -0.4 is 0 Å². The molecule has 0 aromatic rings. The van der Waals surface area contributed by atoms with Gasteiger partial charge in [-0.25, -0.2) is 4.57 Å². The molecule has 0 aliphatic heterocycles. The second-order valence-corrected chi connectivity index (χ2v) is 14.5. The van der Waals surface area contributed by atoms with Crippen molar-refractivity contribution in [2.45, 2.75) is 187 Å². The molecule has 0 aliphatic carbocycles. The van der Waals surface area contributed by atoms with Gasteiger partial charge in [0, 0.05) is 12.8 Å². The van der Waals surface area contributed by atoms with Crippen LogP contribution in [0.2, 0.25) is 0 Å². The summed E-state index contributed by atoms with van der Waals surface area (Å²) in [4.78, 5) is 42.7. The summed E-state index contributed by atoms with van der Waals surface area (Å²) in [7, 11) is -4.76. The van der Waals surface area contributed by atoms with Crippen LogP contribution in [-0.4, -0.2) is 41.0 Å². The average molecular weight is 725 g/mol. The summed E-state index contributed by atoms with van der Waals surface area (Å²) in [6, 6.07) is 0. The second-order valence-electron chi connectivity index (χ2n) is 13.2. The molecule has 50 heavy (non-hydrogen) atoms. The highest BCUT2D eigenvalue weighted by Gasteiger charge is 2.22. The third-order valence-corrected chi connectivity index (χ3v) is 8.81. The molecule has 0 saturated heterocycles. The summed E-state index contributed by atoms with van der Waals surface area (Å²) in [5, 5.41) is 0. The highest BCUT2D eigenvalue weighted by Crippen LogP contribution is 2.36. The molecule has 8 nitrogen and oxygen atoms in total. The highest BCUT2D eigenvalue weighted by molar-refractivity contribution is 7.46. The van der Waals surface area contributed by atoms with Crippen LogP contribution in [0.15, 0.2) is 48.6 Å². The number of hydrogen-bond acceptors (Lipinski definition) is 6. The number of phosphoric acid groups is 1. The van der Waals surface area contributed by atoms with Gasteiger partial charge in [0.15, 0.2) is 6.10 Å². The first-order valence-corrected chi connectivity index (χ1v) is 21.5. The molecular weight excluding hydrogens is 651 g/mol. The van der Waals surface area contributed by atoms with E-state index in [1.165, 1.54) is 83.5 Å². The van der Waals surface area contributed by atoms with Crippen molar-refractivity contribution in [3.8, 4) is 0 Å². The smallest absolute Gasteiger partial charge is 0.462 e. The van der Waals surface area contributed by atoms with E-state index in [0.717, 1.165) is 57.8 Å². The Kier molecular flexibility index (Phi) is 35.3. The van der Waals surface area contributed by atoms with Gasteiger partial charge in [0.1, 0.15) is 6.61 Å². The molecule has 0 radical (unpaired) electrons. The third-order valence-electron chi connectivity index (χ3n) is 8.32. The van der Waals surface area contributed by atoms with E-state index in [1.807, 2.05) is 0 Å². The molecule has 290 valence electrons. The number of rotatable bonds is 36. The number of hydrogen-bond donors (Lipinski definition) is 2. The van der Waals surface area contributed by atoms with Crippen molar-refractivity contribution in [2.24, 2.45) is 0 Å². The van der Waals surface area contributed by atoms with E-state index in [4.69, 9.17) is 19.3 Å².